The molecule has 0 radical (unpaired) electrons. The number of rotatable bonds is 6. The van der Waals surface area contributed by atoms with Gasteiger partial charge in [0, 0.05) is 4.90 Å². The molecule has 0 unspecified atom stereocenters. The van der Waals surface area contributed by atoms with Gasteiger partial charge in [0.2, 0.25) is 0 Å². The van der Waals surface area contributed by atoms with Crippen molar-refractivity contribution in [2.24, 2.45) is 0 Å². The Morgan fingerprint density at radius 1 is 1.35 bits per heavy atom. The van der Waals surface area contributed by atoms with Crippen LogP contribution in [0.3, 0.4) is 0 Å². The van der Waals surface area contributed by atoms with Gasteiger partial charge in [-0.1, -0.05) is 24.3 Å². The van der Waals surface area contributed by atoms with Gasteiger partial charge in [0.1, 0.15) is 12.4 Å². The fourth-order valence-corrected chi connectivity index (χ4v) is 1.48. The van der Waals surface area contributed by atoms with E-state index in [1.807, 2.05) is 43.3 Å². The molecule has 0 N–H and O–H groups in total. The van der Waals surface area contributed by atoms with Crippen LogP contribution in [0.15, 0.2) is 65.6 Å². The number of allylic oxidation sites excluding steroid dienone is 3. The van der Waals surface area contributed by atoms with E-state index < -0.39 is 0 Å². The van der Waals surface area contributed by atoms with Gasteiger partial charge in [0.15, 0.2) is 0 Å². The van der Waals surface area contributed by atoms with Gasteiger partial charge in [0.05, 0.1) is 0 Å². The lowest BCUT2D eigenvalue weighted by atomic mass is 10.2. The van der Waals surface area contributed by atoms with Gasteiger partial charge in [-0.05, 0) is 43.2 Å². The average Bonchev–Trinajstić information content (AvgIpc) is 2.35. The van der Waals surface area contributed by atoms with E-state index in [2.05, 4.69) is 31.4 Å². The molecule has 1 nitrogen and oxygen atoms in total. The summed E-state index contributed by atoms with van der Waals surface area (Å²) in [5, 5.41) is 0. The van der Waals surface area contributed by atoms with E-state index in [9.17, 15) is 0 Å². The molecule has 0 amide bonds. The number of ether oxygens (including phenoxy) is 1. The maximum atomic E-state index is 5.68. The molecule has 0 aliphatic carbocycles. The molecular weight excluding hydrogens is 228 g/mol. The Hall–Kier alpha value is -1.41. The number of benzene rings is 1. The Morgan fingerprint density at radius 2 is 2.06 bits per heavy atom. The summed E-state index contributed by atoms with van der Waals surface area (Å²) in [6, 6.07) is 7.68. The standard InChI is InChI=1S/C15H18OS/c1-3-5-7-13(6-4-2)12-16-14-8-10-15(17)11-9-14/h3-4,6-11,17H,1,5,12H2,2H3/b6-4-,13-7+. The summed E-state index contributed by atoms with van der Waals surface area (Å²) < 4.78 is 5.68. The lowest BCUT2D eigenvalue weighted by Crippen LogP contribution is -1.99. The maximum Gasteiger partial charge on any atom is 0.119 e. The smallest absolute Gasteiger partial charge is 0.119 e. The molecule has 0 saturated heterocycles. The van der Waals surface area contributed by atoms with E-state index in [-0.39, 0.29) is 0 Å². The molecular formula is C15H18OS. The minimum atomic E-state index is 0.574. The molecule has 1 aromatic rings. The lowest BCUT2D eigenvalue weighted by Gasteiger charge is -2.07. The van der Waals surface area contributed by atoms with Crippen LogP contribution >= 0.6 is 12.6 Å². The fraction of sp³-hybridized carbons (Fsp3) is 0.200. The first kappa shape index (κ1) is 13.7. The van der Waals surface area contributed by atoms with E-state index in [1.54, 1.807) is 0 Å². The molecule has 0 fully saturated rings. The third-order valence-corrected chi connectivity index (χ3v) is 2.47. The molecule has 0 heterocycles. The van der Waals surface area contributed by atoms with E-state index in [1.165, 1.54) is 0 Å². The zero-order chi connectivity index (χ0) is 12.5. The zero-order valence-corrected chi connectivity index (χ0v) is 11.0. The van der Waals surface area contributed by atoms with Gasteiger partial charge in [-0.15, -0.1) is 19.2 Å². The molecule has 17 heavy (non-hydrogen) atoms. The predicted molar refractivity (Wildman–Crippen MR) is 76.9 cm³/mol. The van der Waals surface area contributed by atoms with Crippen molar-refractivity contribution >= 4 is 12.6 Å². The van der Waals surface area contributed by atoms with Crippen molar-refractivity contribution in [3.8, 4) is 5.75 Å². The van der Waals surface area contributed by atoms with Crippen LogP contribution in [0.1, 0.15) is 13.3 Å². The summed E-state index contributed by atoms with van der Waals surface area (Å²) in [5.74, 6) is 0.858. The van der Waals surface area contributed by atoms with Crippen molar-refractivity contribution in [3.05, 3.63) is 60.7 Å². The van der Waals surface area contributed by atoms with Crippen molar-refractivity contribution in [2.45, 2.75) is 18.2 Å². The Balaban J connectivity index is 2.57. The number of hydrogen-bond acceptors (Lipinski definition) is 2. The Labute approximate surface area is 109 Å². The normalized spacial score (nSPS) is 11.8. The minimum absolute atomic E-state index is 0.574. The van der Waals surface area contributed by atoms with Crippen molar-refractivity contribution in [1.82, 2.24) is 0 Å². The van der Waals surface area contributed by atoms with Crippen LogP contribution in [0.4, 0.5) is 0 Å². The largest absolute Gasteiger partial charge is 0.489 e. The van der Waals surface area contributed by atoms with Gasteiger partial charge in [0.25, 0.3) is 0 Å². The van der Waals surface area contributed by atoms with Crippen LogP contribution in [-0.4, -0.2) is 6.61 Å². The summed E-state index contributed by atoms with van der Waals surface area (Å²) in [4.78, 5) is 0.938. The second kappa shape index (κ2) is 7.80. The molecule has 0 aromatic heterocycles. The quantitative estimate of drug-likeness (QED) is 0.444. The van der Waals surface area contributed by atoms with Crippen molar-refractivity contribution in [2.75, 3.05) is 6.61 Å². The summed E-state index contributed by atoms with van der Waals surface area (Å²) >= 11 is 4.23. The highest BCUT2D eigenvalue weighted by molar-refractivity contribution is 7.80. The second-order valence-electron chi connectivity index (χ2n) is 3.59. The van der Waals surface area contributed by atoms with Crippen LogP contribution < -0.4 is 4.74 Å². The van der Waals surface area contributed by atoms with Gasteiger partial charge in [-0.25, -0.2) is 0 Å². The van der Waals surface area contributed by atoms with E-state index in [0.717, 1.165) is 22.6 Å². The van der Waals surface area contributed by atoms with Crippen LogP contribution in [0, 0.1) is 0 Å². The SMILES string of the molecule is C=CC/C=C(\C=C/C)COc1ccc(S)cc1. The molecule has 90 valence electrons. The molecule has 2 heteroatoms. The third kappa shape index (κ3) is 5.45. The highest BCUT2D eigenvalue weighted by atomic mass is 32.1. The monoisotopic (exact) mass is 246 g/mol. The maximum absolute atomic E-state index is 5.68. The van der Waals surface area contributed by atoms with Gasteiger partial charge < -0.3 is 4.74 Å². The van der Waals surface area contributed by atoms with E-state index in [4.69, 9.17) is 4.74 Å². The Morgan fingerprint density at radius 3 is 2.65 bits per heavy atom. The molecule has 0 atom stereocenters. The Bertz CT molecular complexity index is 401. The van der Waals surface area contributed by atoms with E-state index >= 15 is 0 Å². The van der Waals surface area contributed by atoms with Crippen LogP contribution in [0.2, 0.25) is 0 Å². The summed E-state index contributed by atoms with van der Waals surface area (Å²) in [6.07, 6.45) is 8.91. The Kier molecular flexibility index (Phi) is 6.26. The predicted octanol–water partition coefficient (Wildman–Crippen LogP) is 4.43. The molecule has 1 aromatic carbocycles. The van der Waals surface area contributed by atoms with Crippen molar-refractivity contribution in [3.63, 3.8) is 0 Å². The number of thiol groups is 1. The molecule has 0 aliphatic heterocycles. The second-order valence-corrected chi connectivity index (χ2v) is 4.10. The highest BCUT2D eigenvalue weighted by Crippen LogP contribution is 2.15. The average molecular weight is 246 g/mol. The topological polar surface area (TPSA) is 9.23 Å². The fourth-order valence-electron chi connectivity index (χ4n) is 1.33. The molecule has 0 aliphatic rings. The van der Waals surface area contributed by atoms with Gasteiger partial charge in [-0.2, -0.15) is 0 Å². The van der Waals surface area contributed by atoms with Gasteiger partial charge >= 0.3 is 0 Å². The summed E-state index contributed by atoms with van der Waals surface area (Å²) in [6.45, 7) is 6.27. The highest BCUT2D eigenvalue weighted by Gasteiger charge is 1.95. The third-order valence-electron chi connectivity index (χ3n) is 2.17. The van der Waals surface area contributed by atoms with Crippen LogP contribution in [-0.2, 0) is 0 Å². The summed E-state index contributed by atoms with van der Waals surface area (Å²) in [7, 11) is 0. The first-order valence-electron chi connectivity index (χ1n) is 5.60. The number of hydrogen-bond donors (Lipinski definition) is 1. The minimum Gasteiger partial charge on any atom is -0.489 e. The van der Waals surface area contributed by atoms with Crippen molar-refractivity contribution in [1.29, 1.82) is 0 Å². The summed E-state index contributed by atoms with van der Waals surface area (Å²) in [5.41, 5.74) is 1.15. The molecule has 0 saturated carbocycles. The molecule has 1 rings (SSSR count). The van der Waals surface area contributed by atoms with Crippen LogP contribution in [0.5, 0.6) is 5.75 Å². The molecule has 0 spiro atoms. The van der Waals surface area contributed by atoms with E-state index in [0.29, 0.717) is 6.61 Å². The molecule has 0 bridgehead atoms. The van der Waals surface area contributed by atoms with Gasteiger partial charge in [-0.3, -0.25) is 0 Å². The zero-order valence-electron chi connectivity index (χ0n) is 10.1. The lowest BCUT2D eigenvalue weighted by molar-refractivity contribution is 0.355. The first-order valence-corrected chi connectivity index (χ1v) is 6.05. The van der Waals surface area contributed by atoms with Crippen molar-refractivity contribution < 1.29 is 4.74 Å². The van der Waals surface area contributed by atoms with Crippen LogP contribution in [0.25, 0.3) is 0 Å². The first-order chi connectivity index (χ1) is 8.26.